The third-order valence-corrected chi connectivity index (χ3v) is 14.6. The molecule has 2 nitrogen and oxygen atoms in total. The predicted molar refractivity (Wildman–Crippen MR) is 265 cm³/mol. The van der Waals surface area contributed by atoms with Crippen molar-refractivity contribution in [2.45, 2.75) is 27.7 Å². The number of aryl methyl sites for hydroxylation is 4. The molecule has 1 aliphatic rings. The number of nitrogens with zero attached hydrogens (tertiary/aromatic N) is 2. The van der Waals surface area contributed by atoms with Crippen molar-refractivity contribution in [3.05, 3.63) is 210 Å². The number of fused-ring (bicyclic) bond motifs is 6. The minimum absolute atomic E-state index is 1.07. The molecule has 1 heterocycles. The standard InChI is InChI=1S/C58H42N2S/c1-34-20-26-41(32-36(34)3)59(52-17-10-15-46-44-13-7-6-12-43(44)38(5)55(46)52)50-30-24-39-23-29-49-51(31-25-40-22-28-48(50)56(39)57(40)49)60(42-27-21-35(2)37(4)33-42)53-18-11-16-47-45-14-8-9-19-54(45)61-58(47)53/h6-33H,5H2,1-4H3. The number of benzene rings is 10. The summed E-state index contributed by atoms with van der Waals surface area (Å²) in [4.78, 5) is 4.99. The third-order valence-electron chi connectivity index (χ3n) is 13.3. The van der Waals surface area contributed by atoms with E-state index in [0.29, 0.717) is 0 Å². The van der Waals surface area contributed by atoms with Crippen LogP contribution in [0.25, 0.3) is 69.2 Å². The first-order chi connectivity index (χ1) is 29.8. The average molecular weight is 799 g/mol. The van der Waals surface area contributed by atoms with E-state index >= 15 is 0 Å². The lowest BCUT2D eigenvalue weighted by Gasteiger charge is -2.31. The third kappa shape index (κ3) is 5.27. The fraction of sp³-hybridized carbons (Fsp3) is 0.0690. The number of rotatable bonds is 6. The second-order valence-corrected chi connectivity index (χ2v) is 17.8. The maximum absolute atomic E-state index is 4.71. The Balaban J connectivity index is 1.13. The molecule has 12 rings (SSSR count). The molecule has 10 aromatic carbocycles. The van der Waals surface area contributed by atoms with Gasteiger partial charge in [-0.3, -0.25) is 0 Å². The Kier molecular flexibility index (Phi) is 7.85. The molecule has 0 aliphatic heterocycles. The molecule has 3 heteroatoms. The largest absolute Gasteiger partial charge is 0.309 e. The highest BCUT2D eigenvalue weighted by Crippen LogP contribution is 2.53. The van der Waals surface area contributed by atoms with E-state index in [1.54, 1.807) is 0 Å². The van der Waals surface area contributed by atoms with Gasteiger partial charge in [0.05, 0.1) is 27.4 Å². The SMILES string of the molecule is C=C1c2ccccc2-c2cccc(N(c3ccc(C)c(C)c3)c3ccc4ccc5c(N(c6ccc(C)c(C)c6)c6cccc7c6sc6ccccc67)ccc6ccc3c4c65)c21. The molecule has 0 unspecified atom stereocenters. The fourth-order valence-corrected chi connectivity index (χ4v) is 11.2. The van der Waals surface area contributed by atoms with E-state index in [-0.39, 0.29) is 0 Å². The highest BCUT2D eigenvalue weighted by atomic mass is 32.1. The van der Waals surface area contributed by atoms with Crippen molar-refractivity contribution in [3.8, 4) is 11.1 Å². The lowest BCUT2D eigenvalue weighted by Crippen LogP contribution is -2.13. The highest BCUT2D eigenvalue weighted by Gasteiger charge is 2.29. The fourth-order valence-electron chi connectivity index (χ4n) is 10.00. The predicted octanol–water partition coefficient (Wildman–Crippen LogP) is 17.2. The van der Waals surface area contributed by atoms with Crippen molar-refractivity contribution >= 4 is 104 Å². The van der Waals surface area contributed by atoms with Crippen LogP contribution in [0.15, 0.2) is 176 Å². The summed E-state index contributed by atoms with van der Waals surface area (Å²) in [6, 6.07) is 63.5. The number of hydrogen-bond donors (Lipinski definition) is 0. The molecule has 11 aromatic rings. The summed E-state index contributed by atoms with van der Waals surface area (Å²) < 4.78 is 2.59. The van der Waals surface area contributed by atoms with Gasteiger partial charge < -0.3 is 9.80 Å². The first-order valence-electron chi connectivity index (χ1n) is 21.1. The van der Waals surface area contributed by atoms with E-state index in [1.807, 2.05) is 11.3 Å². The molecule has 1 aliphatic carbocycles. The first kappa shape index (κ1) is 35.7. The summed E-state index contributed by atoms with van der Waals surface area (Å²) in [7, 11) is 0. The van der Waals surface area contributed by atoms with Gasteiger partial charge in [-0.25, -0.2) is 0 Å². The Morgan fingerprint density at radius 1 is 0.393 bits per heavy atom. The minimum atomic E-state index is 1.07. The molecule has 0 saturated carbocycles. The van der Waals surface area contributed by atoms with Crippen molar-refractivity contribution in [1.82, 2.24) is 0 Å². The molecule has 0 bridgehead atoms. The molecule has 0 saturated heterocycles. The Bertz CT molecular complexity index is 3630. The van der Waals surface area contributed by atoms with Gasteiger partial charge in [-0.05, 0) is 148 Å². The van der Waals surface area contributed by atoms with Crippen molar-refractivity contribution in [3.63, 3.8) is 0 Å². The zero-order valence-electron chi connectivity index (χ0n) is 34.7. The van der Waals surface area contributed by atoms with Gasteiger partial charge in [-0.1, -0.05) is 122 Å². The molecular formula is C58H42N2S. The van der Waals surface area contributed by atoms with E-state index in [2.05, 4.69) is 207 Å². The Morgan fingerprint density at radius 2 is 0.918 bits per heavy atom. The summed E-state index contributed by atoms with van der Waals surface area (Å²) in [5, 5.41) is 10.1. The van der Waals surface area contributed by atoms with Crippen LogP contribution in [0, 0.1) is 27.7 Å². The van der Waals surface area contributed by atoms with Gasteiger partial charge >= 0.3 is 0 Å². The minimum Gasteiger partial charge on any atom is -0.309 e. The molecule has 0 atom stereocenters. The monoisotopic (exact) mass is 798 g/mol. The van der Waals surface area contributed by atoms with Crippen LogP contribution in [0.1, 0.15) is 33.4 Å². The van der Waals surface area contributed by atoms with Crippen LogP contribution >= 0.6 is 11.3 Å². The molecule has 61 heavy (non-hydrogen) atoms. The Morgan fingerprint density at radius 3 is 1.57 bits per heavy atom. The molecular weight excluding hydrogens is 757 g/mol. The Hall–Kier alpha value is -7.20. The topological polar surface area (TPSA) is 6.48 Å². The lowest BCUT2D eigenvalue weighted by atomic mass is 9.91. The molecule has 0 amide bonds. The summed E-state index contributed by atoms with van der Waals surface area (Å²) in [6.45, 7) is 13.5. The van der Waals surface area contributed by atoms with Gasteiger partial charge in [-0.2, -0.15) is 0 Å². The van der Waals surface area contributed by atoms with Gasteiger partial charge in [0.1, 0.15) is 0 Å². The summed E-state index contributed by atoms with van der Waals surface area (Å²) in [5.74, 6) is 0. The van der Waals surface area contributed by atoms with E-state index in [4.69, 9.17) is 6.58 Å². The second kappa shape index (κ2) is 13.4. The summed E-state index contributed by atoms with van der Waals surface area (Å²) >= 11 is 1.88. The van der Waals surface area contributed by atoms with Gasteiger partial charge in [-0.15, -0.1) is 11.3 Å². The van der Waals surface area contributed by atoms with Gasteiger partial charge in [0.2, 0.25) is 0 Å². The quantitative estimate of drug-likeness (QED) is 0.155. The van der Waals surface area contributed by atoms with Crippen molar-refractivity contribution < 1.29 is 0 Å². The summed E-state index contributed by atoms with van der Waals surface area (Å²) in [5.41, 5.74) is 18.0. The van der Waals surface area contributed by atoms with E-state index < -0.39 is 0 Å². The van der Waals surface area contributed by atoms with E-state index in [9.17, 15) is 0 Å². The summed E-state index contributed by atoms with van der Waals surface area (Å²) in [6.07, 6.45) is 0. The average Bonchev–Trinajstić information content (AvgIpc) is 3.82. The highest BCUT2D eigenvalue weighted by molar-refractivity contribution is 7.26. The van der Waals surface area contributed by atoms with Crippen LogP contribution in [0.3, 0.4) is 0 Å². The van der Waals surface area contributed by atoms with Gasteiger partial charge in [0.25, 0.3) is 0 Å². The normalized spacial score (nSPS) is 12.3. The second-order valence-electron chi connectivity index (χ2n) is 16.8. The molecule has 290 valence electrons. The van der Waals surface area contributed by atoms with Crippen LogP contribution < -0.4 is 9.80 Å². The lowest BCUT2D eigenvalue weighted by molar-refractivity contribution is 1.26. The first-order valence-corrected chi connectivity index (χ1v) is 21.9. The zero-order valence-corrected chi connectivity index (χ0v) is 35.5. The number of hydrogen-bond acceptors (Lipinski definition) is 3. The van der Waals surface area contributed by atoms with E-state index in [0.717, 1.165) is 28.3 Å². The molecule has 0 fully saturated rings. The van der Waals surface area contributed by atoms with Crippen LogP contribution in [-0.4, -0.2) is 0 Å². The van der Waals surface area contributed by atoms with Crippen molar-refractivity contribution in [1.29, 1.82) is 0 Å². The molecule has 0 N–H and O–H groups in total. The smallest absolute Gasteiger partial charge is 0.0640 e. The number of anilines is 6. The van der Waals surface area contributed by atoms with Crippen molar-refractivity contribution in [2.75, 3.05) is 9.80 Å². The maximum Gasteiger partial charge on any atom is 0.0640 e. The van der Waals surface area contributed by atoms with Crippen LogP contribution in [0.2, 0.25) is 0 Å². The van der Waals surface area contributed by atoms with Crippen LogP contribution in [-0.2, 0) is 0 Å². The molecule has 0 radical (unpaired) electrons. The molecule has 0 spiro atoms. The Labute approximate surface area is 360 Å². The number of thiophene rings is 1. The van der Waals surface area contributed by atoms with Crippen molar-refractivity contribution in [2.24, 2.45) is 0 Å². The van der Waals surface area contributed by atoms with Crippen LogP contribution in [0.4, 0.5) is 34.1 Å². The van der Waals surface area contributed by atoms with Gasteiger partial charge in [0.15, 0.2) is 0 Å². The zero-order chi connectivity index (χ0) is 41.1. The van der Waals surface area contributed by atoms with E-state index in [1.165, 1.54) is 108 Å². The molecule has 1 aromatic heterocycles. The van der Waals surface area contributed by atoms with Gasteiger partial charge in [0, 0.05) is 43.2 Å². The van der Waals surface area contributed by atoms with Crippen LogP contribution in [0.5, 0.6) is 0 Å². The maximum atomic E-state index is 4.71.